The Labute approximate surface area is 315 Å². The van der Waals surface area contributed by atoms with Crippen molar-refractivity contribution in [3.05, 3.63) is 99.1 Å². The van der Waals surface area contributed by atoms with E-state index in [9.17, 15) is 23.5 Å². The Balaban J connectivity index is 1.14. The summed E-state index contributed by atoms with van der Waals surface area (Å²) < 4.78 is 39.1. The summed E-state index contributed by atoms with van der Waals surface area (Å²) in [6.07, 6.45) is 5.84. The van der Waals surface area contributed by atoms with Gasteiger partial charge in [-0.25, -0.2) is 8.78 Å². The number of aryl methyl sites for hydroxylation is 1. The molecule has 1 aliphatic carbocycles. The number of amides is 2. The number of rotatable bonds is 12. The van der Waals surface area contributed by atoms with Crippen LogP contribution in [0.4, 0.5) is 8.78 Å². The van der Waals surface area contributed by atoms with Crippen LogP contribution in [0, 0.1) is 24.5 Å². The summed E-state index contributed by atoms with van der Waals surface area (Å²) in [5, 5.41) is 13.4. The molecule has 282 valence electrons. The summed E-state index contributed by atoms with van der Waals surface area (Å²) in [7, 11) is 1.66. The summed E-state index contributed by atoms with van der Waals surface area (Å²) in [4.78, 5) is 32.7. The number of aliphatic hydroxyl groups excluding tert-OH is 1. The fourth-order valence-corrected chi connectivity index (χ4v) is 8.47. The molecule has 3 fully saturated rings. The van der Waals surface area contributed by atoms with Gasteiger partial charge in [-0.2, -0.15) is 0 Å². The van der Waals surface area contributed by atoms with Gasteiger partial charge in [0.1, 0.15) is 16.6 Å². The average molecular weight is 748 g/mol. The van der Waals surface area contributed by atoms with E-state index in [1.807, 2.05) is 41.0 Å². The van der Waals surface area contributed by atoms with Crippen molar-refractivity contribution in [3.8, 4) is 11.5 Å². The van der Waals surface area contributed by atoms with Gasteiger partial charge in [0.15, 0.2) is 11.6 Å². The van der Waals surface area contributed by atoms with Gasteiger partial charge in [-0.1, -0.05) is 48.0 Å². The second-order valence-electron chi connectivity index (χ2n) is 15.0. The summed E-state index contributed by atoms with van der Waals surface area (Å²) in [6.45, 7) is 3.80. The maximum Gasteiger partial charge on any atom is 0.252 e. The Morgan fingerprint density at radius 3 is 2.45 bits per heavy atom. The number of carbonyl (C=O) groups is 2. The van der Waals surface area contributed by atoms with E-state index < -0.39 is 11.6 Å². The molecule has 3 atom stereocenters. The molecule has 7 rings (SSSR count). The molecule has 2 bridgehead atoms. The zero-order valence-corrected chi connectivity index (χ0v) is 31.1. The van der Waals surface area contributed by atoms with Gasteiger partial charge in [0.25, 0.3) is 5.91 Å². The molecule has 1 saturated carbocycles. The van der Waals surface area contributed by atoms with Crippen LogP contribution >= 0.6 is 11.6 Å². The molecule has 3 heterocycles. The maximum absolute atomic E-state index is 15.0. The molecule has 4 aliphatic rings. The number of ether oxygens (including phenoxy) is 2. The second kappa shape index (κ2) is 16.2. The number of likely N-dealkylation sites (tertiary alicyclic amines) is 1. The zero-order chi connectivity index (χ0) is 37.2. The Morgan fingerprint density at radius 2 is 1.74 bits per heavy atom. The fourth-order valence-electron chi connectivity index (χ4n) is 8.26. The molecule has 8 nitrogen and oxygen atoms in total. The maximum atomic E-state index is 15.0. The first-order valence-electron chi connectivity index (χ1n) is 18.9. The minimum Gasteiger partial charge on any atom is -0.496 e. The fraction of sp³-hybridized carbons (Fsp3) is 0.476. The number of halogens is 3. The van der Waals surface area contributed by atoms with Gasteiger partial charge < -0.3 is 29.7 Å². The van der Waals surface area contributed by atoms with Crippen LogP contribution in [0.2, 0.25) is 5.02 Å². The van der Waals surface area contributed by atoms with E-state index >= 15 is 0 Å². The number of methoxy groups -OCH3 is 1. The van der Waals surface area contributed by atoms with Gasteiger partial charge in [-0.3, -0.25) is 9.59 Å². The molecule has 0 aromatic heterocycles. The Bertz CT molecular complexity index is 1860. The van der Waals surface area contributed by atoms with Gasteiger partial charge in [-0.05, 0) is 111 Å². The normalized spacial score (nSPS) is 21.8. The number of aliphatic hydroxyl groups is 1. The largest absolute Gasteiger partial charge is 0.496 e. The van der Waals surface area contributed by atoms with E-state index in [-0.39, 0.29) is 59.3 Å². The van der Waals surface area contributed by atoms with Crippen LogP contribution in [0.25, 0.3) is 5.57 Å². The number of carbonyl (C=O) groups excluding carboxylic acids is 2. The van der Waals surface area contributed by atoms with E-state index in [4.69, 9.17) is 21.1 Å². The molecule has 2 N–H and O–H groups in total. The first-order chi connectivity index (χ1) is 25.6. The highest BCUT2D eigenvalue weighted by Gasteiger charge is 2.45. The number of piperidine rings is 2. The summed E-state index contributed by atoms with van der Waals surface area (Å²) >= 11 is 5.91. The van der Waals surface area contributed by atoms with Gasteiger partial charge in [0, 0.05) is 49.3 Å². The molecule has 2 amide bonds. The smallest absolute Gasteiger partial charge is 0.252 e. The van der Waals surface area contributed by atoms with Crippen molar-refractivity contribution in [2.24, 2.45) is 5.92 Å². The van der Waals surface area contributed by atoms with Crippen LogP contribution in [0.1, 0.15) is 73.6 Å². The van der Waals surface area contributed by atoms with Crippen molar-refractivity contribution in [3.63, 3.8) is 0 Å². The van der Waals surface area contributed by atoms with E-state index in [1.165, 1.54) is 0 Å². The highest BCUT2D eigenvalue weighted by molar-refractivity contribution is 6.32. The van der Waals surface area contributed by atoms with Crippen molar-refractivity contribution in [1.29, 1.82) is 0 Å². The molecular weight excluding hydrogens is 700 g/mol. The second-order valence-corrected chi connectivity index (χ2v) is 15.3. The monoisotopic (exact) mass is 747 g/mol. The lowest BCUT2D eigenvalue weighted by atomic mass is 9.74. The molecule has 3 aliphatic heterocycles. The van der Waals surface area contributed by atoms with Crippen molar-refractivity contribution < 1.29 is 33.0 Å². The number of hydrogen-bond acceptors (Lipinski definition) is 6. The van der Waals surface area contributed by atoms with Crippen LogP contribution in [0.15, 0.2) is 60.2 Å². The highest BCUT2D eigenvalue weighted by atomic mass is 35.5. The average Bonchev–Trinajstić information content (AvgIpc) is 4.01. The van der Waals surface area contributed by atoms with Crippen LogP contribution in [0.3, 0.4) is 0 Å². The van der Waals surface area contributed by atoms with Crippen molar-refractivity contribution in [1.82, 2.24) is 15.1 Å². The molecule has 11 heteroatoms. The van der Waals surface area contributed by atoms with Crippen molar-refractivity contribution in [2.45, 2.75) is 95.5 Å². The Kier molecular flexibility index (Phi) is 11.4. The minimum atomic E-state index is -0.728. The van der Waals surface area contributed by atoms with Crippen LogP contribution in [-0.2, 0) is 22.6 Å². The molecule has 0 unspecified atom stereocenters. The van der Waals surface area contributed by atoms with Crippen molar-refractivity contribution >= 4 is 29.0 Å². The zero-order valence-electron chi connectivity index (χ0n) is 30.4. The standard InChI is InChI=1S/C42H48ClF2N3O5/c1-25-28(6-3-7-37(25)52-2)24-48(31-12-13-31)42(51)38-33(23-30-21-29(22-36(38)46-30)41(50)47-18-16-32(49)17-19-47)27-10-8-26(9-11-27)5-4-20-53-40-35(45)15-14-34(44)39(40)43/h3,6-11,14-15,29-32,36,46,49H,4-5,12-13,16-24H2,1-2H3/t29-,30+,36-/m1/s1. The van der Waals surface area contributed by atoms with Crippen LogP contribution in [-0.4, -0.2) is 77.8 Å². The SMILES string of the molecule is COc1cccc(CN(C(=O)C2=C(c3ccc(CCCOc4c(F)ccc(F)c4Cl)cc3)C[C@@H]3C[C@@H](C(=O)N4CCC(O)CC4)C[C@H]2N3)C2CC2)c1C. The van der Waals surface area contributed by atoms with Gasteiger partial charge in [-0.15, -0.1) is 0 Å². The third kappa shape index (κ3) is 8.25. The summed E-state index contributed by atoms with van der Waals surface area (Å²) in [6, 6.07) is 16.1. The topological polar surface area (TPSA) is 91.3 Å². The number of hydrogen-bond donors (Lipinski definition) is 2. The van der Waals surface area contributed by atoms with Gasteiger partial charge >= 0.3 is 0 Å². The Hall–Kier alpha value is -3.99. The van der Waals surface area contributed by atoms with Gasteiger partial charge in [0.2, 0.25) is 5.91 Å². The lowest BCUT2D eigenvalue weighted by Crippen LogP contribution is -2.56. The van der Waals surface area contributed by atoms with E-state index in [0.717, 1.165) is 64.1 Å². The van der Waals surface area contributed by atoms with Gasteiger partial charge in [0.05, 0.1) is 19.8 Å². The molecule has 53 heavy (non-hydrogen) atoms. The first kappa shape index (κ1) is 37.3. The Morgan fingerprint density at radius 1 is 1.00 bits per heavy atom. The number of fused-ring (bicyclic) bond motifs is 2. The third-order valence-electron chi connectivity index (χ3n) is 11.4. The lowest BCUT2D eigenvalue weighted by molar-refractivity contribution is -0.139. The van der Waals surface area contributed by atoms with E-state index in [1.54, 1.807) is 7.11 Å². The number of benzene rings is 3. The predicted octanol–water partition coefficient (Wildman–Crippen LogP) is 7.02. The van der Waals surface area contributed by atoms with E-state index in [2.05, 4.69) is 23.5 Å². The highest BCUT2D eigenvalue weighted by Crippen LogP contribution is 2.42. The van der Waals surface area contributed by atoms with Crippen LogP contribution < -0.4 is 14.8 Å². The summed E-state index contributed by atoms with van der Waals surface area (Å²) in [5.74, 6) is -0.961. The first-order valence-corrected chi connectivity index (χ1v) is 19.2. The molecule has 0 radical (unpaired) electrons. The van der Waals surface area contributed by atoms with Crippen LogP contribution in [0.5, 0.6) is 11.5 Å². The molecular formula is C42H48ClF2N3O5. The number of nitrogens with zero attached hydrogens (tertiary/aromatic N) is 2. The molecule has 3 aromatic carbocycles. The third-order valence-corrected chi connectivity index (χ3v) is 11.7. The molecule has 0 spiro atoms. The quantitative estimate of drug-likeness (QED) is 0.153. The van der Waals surface area contributed by atoms with E-state index in [0.29, 0.717) is 64.6 Å². The molecule has 3 aromatic rings. The molecule has 2 saturated heterocycles. The van der Waals surface area contributed by atoms with Crippen molar-refractivity contribution in [2.75, 3.05) is 26.8 Å². The minimum absolute atomic E-state index is 0.0133. The predicted molar refractivity (Wildman–Crippen MR) is 200 cm³/mol. The summed E-state index contributed by atoms with van der Waals surface area (Å²) in [5.41, 5.74) is 5.88. The lowest BCUT2D eigenvalue weighted by Gasteiger charge is -2.44. The number of nitrogens with one attached hydrogen (secondary N) is 1.